The molecule has 0 atom stereocenters. The molecule has 2 rings (SSSR count). The van der Waals surface area contributed by atoms with Gasteiger partial charge in [-0.2, -0.15) is 0 Å². The van der Waals surface area contributed by atoms with Crippen LogP contribution in [-0.2, 0) is 18.0 Å². The van der Waals surface area contributed by atoms with Crippen LogP contribution in [0.2, 0.25) is 5.02 Å². The summed E-state index contributed by atoms with van der Waals surface area (Å²) in [6, 6.07) is 11.8. The lowest BCUT2D eigenvalue weighted by Crippen LogP contribution is -1.97. The Bertz CT molecular complexity index is 645. The third-order valence-electron chi connectivity index (χ3n) is 2.90. The Morgan fingerprint density at radius 1 is 1.19 bits per heavy atom. The first-order chi connectivity index (χ1) is 10.1. The number of ether oxygens (including phenoxy) is 2. The molecule has 0 radical (unpaired) electrons. The molecule has 0 bridgehead atoms. The Balaban J connectivity index is 1.99. The Labute approximate surface area is 127 Å². The van der Waals surface area contributed by atoms with Crippen LogP contribution in [0.1, 0.15) is 11.1 Å². The van der Waals surface area contributed by atoms with Gasteiger partial charge in [0.2, 0.25) is 0 Å². The number of nitrogens with zero attached hydrogens (tertiary/aromatic N) is 1. The molecular weight excluding hydrogens is 294 g/mol. The van der Waals surface area contributed by atoms with Crippen molar-refractivity contribution in [2.24, 2.45) is 0 Å². The van der Waals surface area contributed by atoms with Crippen molar-refractivity contribution in [1.29, 1.82) is 0 Å². The minimum atomic E-state index is -0.456. The van der Waals surface area contributed by atoms with E-state index in [4.69, 9.17) is 21.1 Å². The van der Waals surface area contributed by atoms with Gasteiger partial charge < -0.3 is 9.47 Å². The smallest absolute Gasteiger partial charge is 0.269 e. The first-order valence-electron chi connectivity index (χ1n) is 6.23. The molecule has 0 heterocycles. The molecule has 0 N–H and O–H groups in total. The first-order valence-corrected chi connectivity index (χ1v) is 6.61. The molecule has 0 saturated carbocycles. The van der Waals surface area contributed by atoms with Gasteiger partial charge in [0, 0.05) is 22.7 Å². The van der Waals surface area contributed by atoms with Crippen LogP contribution in [0.25, 0.3) is 0 Å². The Hall–Kier alpha value is -2.11. The van der Waals surface area contributed by atoms with Gasteiger partial charge in [-0.15, -0.1) is 0 Å². The summed E-state index contributed by atoms with van der Waals surface area (Å²) in [6.45, 7) is 0.577. The number of non-ortho nitro benzene ring substituents is 1. The highest BCUT2D eigenvalue weighted by Gasteiger charge is 2.09. The lowest BCUT2D eigenvalue weighted by atomic mass is 10.2. The highest BCUT2D eigenvalue weighted by molar-refractivity contribution is 6.31. The third kappa shape index (κ3) is 4.18. The lowest BCUT2D eigenvalue weighted by Gasteiger charge is -2.07. The number of nitro groups is 1. The molecule has 2 aromatic rings. The number of hydrogen-bond acceptors (Lipinski definition) is 4. The molecule has 0 saturated heterocycles. The Morgan fingerprint density at radius 3 is 2.71 bits per heavy atom. The molecule has 2 aromatic carbocycles. The molecule has 0 aromatic heterocycles. The number of hydrogen-bond donors (Lipinski definition) is 0. The molecule has 0 amide bonds. The summed E-state index contributed by atoms with van der Waals surface area (Å²) in [5.41, 5.74) is 1.55. The van der Waals surface area contributed by atoms with Gasteiger partial charge in [-0.05, 0) is 23.8 Å². The summed E-state index contributed by atoms with van der Waals surface area (Å²) in [5.74, 6) is 0.754. The van der Waals surface area contributed by atoms with Crippen molar-refractivity contribution in [3.8, 4) is 5.75 Å². The highest BCUT2D eigenvalue weighted by Crippen LogP contribution is 2.23. The molecule has 0 aliphatic carbocycles. The molecule has 5 nitrogen and oxygen atoms in total. The lowest BCUT2D eigenvalue weighted by molar-refractivity contribution is -0.384. The number of methoxy groups -OCH3 is 1. The van der Waals surface area contributed by atoms with Crippen LogP contribution >= 0.6 is 11.6 Å². The second-order valence-corrected chi connectivity index (χ2v) is 4.78. The summed E-state index contributed by atoms with van der Waals surface area (Å²) >= 11 is 6.01. The predicted octanol–water partition coefficient (Wildman–Crippen LogP) is 3.97. The van der Waals surface area contributed by atoms with Crippen LogP contribution in [0.5, 0.6) is 5.75 Å². The molecular formula is C15H14ClNO4. The van der Waals surface area contributed by atoms with Crippen molar-refractivity contribution in [2.75, 3.05) is 7.11 Å². The van der Waals surface area contributed by atoms with E-state index in [0.717, 1.165) is 11.3 Å². The fraction of sp³-hybridized carbons (Fsp3) is 0.200. The van der Waals surface area contributed by atoms with E-state index in [1.807, 2.05) is 24.3 Å². The van der Waals surface area contributed by atoms with E-state index in [9.17, 15) is 10.1 Å². The zero-order valence-electron chi connectivity index (χ0n) is 11.4. The Morgan fingerprint density at radius 2 is 2.00 bits per heavy atom. The van der Waals surface area contributed by atoms with E-state index in [1.54, 1.807) is 7.11 Å². The topological polar surface area (TPSA) is 61.6 Å². The summed E-state index contributed by atoms with van der Waals surface area (Å²) in [4.78, 5) is 10.3. The van der Waals surface area contributed by atoms with Gasteiger partial charge in [-0.25, -0.2) is 0 Å². The quantitative estimate of drug-likeness (QED) is 0.598. The van der Waals surface area contributed by atoms with Gasteiger partial charge in [0.1, 0.15) is 5.75 Å². The van der Waals surface area contributed by atoms with Gasteiger partial charge in [-0.1, -0.05) is 23.7 Å². The van der Waals surface area contributed by atoms with Gasteiger partial charge in [0.25, 0.3) is 5.69 Å². The molecule has 21 heavy (non-hydrogen) atoms. The summed E-state index contributed by atoms with van der Waals surface area (Å²) < 4.78 is 10.7. The van der Waals surface area contributed by atoms with Gasteiger partial charge in [-0.3, -0.25) is 10.1 Å². The van der Waals surface area contributed by atoms with Crippen LogP contribution in [0.15, 0.2) is 42.5 Å². The SMILES string of the molecule is COc1cccc(COCc2cc([N+](=O)[O-])ccc2Cl)c1. The van der Waals surface area contributed by atoms with Crippen molar-refractivity contribution in [3.63, 3.8) is 0 Å². The summed E-state index contributed by atoms with van der Waals surface area (Å²) in [7, 11) is 1.60. The van der Waals surface area contributed by atoms with E-state index in [1.165, 1.54) is 18.2 Å². The molecule has 0 aliphatic rings. The summed E-state index contributed by atoms with van der Waals surface area (Å²) in [5, 5.41) is 11.2. The maximum Gasteiger partial charge on any atom is 0.269 e. The fourth-order valence-electron chi connectivity index (χ4n) is 1.83. The van der Waals surface area contributed by atoms with E-state index in [2.05, 4.69) is 0 Å². The minimum Gasteiger partial charge on any atom is -0.497 e. The number of benzene rings is 2. The zero-order valence-corrected chi connectivity index (χ0v) is 12.2. The number of rotatable bonds is 6. The normalized spacial score (nSPS) is 10.4. The van der Waals surface area contributed by atoms with Crippen molar-refractivity contribution in [1.82, 2.24) is 0 Å². The number of halogens is 1. The van der Waals surface area contributed by atoms with E-state index in [0.29, 0.717) is 17.2 Å². The Kier molecular flexibility index (Phi) is 5.14. The van der Waals surface area contributed by atoms with E-state index in [-0.39, 0.29) is 12.3 Å². The molecule has 110 valence electrons. The van der Waals surface area contributed by atoms with Gasteiger partial charge >= 0.3 is 0 Å². The van der Waals surface area contributed by atoms with Crippen molar-refractivity contribution in [2.45, 2.75) is 13.2 Å². The molecule has 0 fully saturated rings. The third-order valence-corrected chi connectivity index (χ3v) is 3.27. The average molecular weight is 308 g/mol. The number of nitro benzene ring substituents is 1. The van der Waals surface area contributed by atoms with Crippen LogP contribution in [0, 0.1) is 10.1 Å². The second kappa shape index (κ2) is 7.06. The zero-order chi connectivity index (χ0) is 15.2. The highest BCUT2D eigenvalue weighted by atomic mass is 35.5. The van der Waals surface area contributed by atoms with Crippen LogP contribution in [-0.4, -0.2) is 12.0 Å². The van der Waals surface area contributed by atoms with Crippen LogP contribution < -0.4 is 4.74 Å². The van der Waals surface area contributed by atoms with Crippen LogP contribution in [0.4, 0.5) is 5.69 Å². The fourth-order valence-corrected chi connectivity index (χ4v) is 2.00. The first kappa shape index (κ1) is 15.3. The van der Waals surface area contributed by atoms with E-state index < -0.39 is 4.92 Å². The molecule has 0 aliphatic heterocycles. The van der Waals surface area contributed by atoms with Crippen molar-refractivity contribution in [3.05, 3.63) is 68.7 Å². The van der Waals surface area contributed by atoms with Crippen molar-refractivity contribution < 1.29 is 14.4 Å². The maximum absolute atomic E-state index is 10.7. The van der Waals surface area contributed by atoms with Gasteiger partial charge in [0.15, 0.2) is 0 Å². The summed E-state index contributed by atoms with van der Waals surface area (Å²) in [6.07, 6.45) is 0. The predicted molar refractivity (Wildman–Crippen MR) is 79.6 cm³/mol. The van der Waals surface area contributed by atoms with Gasteiger partial charge in [0.05, 0.1) is 25.2 Å². The molecule has 6 heteroatoms. The molecule has 0 unspecified atom stereocenters. The second-order valence-electron chi connectivity index (χ2n) is 4.38. The standard InChI is InChI=1S/C15H14ClNO4/c1-20-14-4-2-3-11(7-14)9-21-10-12-8-13(17(18)19)5-6-15(12)16/h2-8H,9-10H2,1H3. The largest absolute Gasteiger partial charge is 0.497 e. The van der Waals surface area contributed by atoms with Crippen molar-refractivity contribution >= 4 is 17.3 Å². The monoisotopic (exact) mass is 307 g/mol. The van der Waals surface area contributed by atoms with Crippen LogP contribution in [0.3, 0.4) is 0 Å². The minimum absolute atomic E-state index is 0.000574. The average Bonchev–Trinajstić information content (AvgIpc) is 2.49. The maximum atomic E-state index is 10.7. The van der Waals surface area contributed by atoms with E-state index >= 15 is 0 Å². The molecule has 0 spiro atoms.